The maximum Gasteiger partial charge on any atom is 0.225 e. The van der Waals surface area contributed by atoms with Crippen molar-refractivity contribution in [3.8, 4) is 0 Å². The standard InChI is InChI=1S/C11H17BrN2O2S/c1-2-14-17(15,16)11(12)9-13-8-10-6-4-3-5-7-10/h3-7,11,13-14H,2,8-9H2,1H3. The van der Waals surface area contributed by atoms with Gasteiger partial charge in [0, 0.05) is 19.6 Å². The summed E-state index contributed by atoms with van der Waals surface area (Å²) in [7, 11) is -3.26. The molecule has 1 atom stereocenters. The summed E-state index contributed by atoms with van der Waals surface area (Å²) >= 11 is 3.16. The van der Waals surface area contributed by atoms with Crippen LogP contribution in [0.3, 0.4) is 0 Å². The highest BCUT2D eigenvalue weighted by atomic mass is 79.9. The van der Waals surface area contributed by atoms with Gasteiger partial charge in [-0.15, -0.1) is 0 Å². The molecule has 0 aliphatic heterocycles. The second kappa shape index (κ2) is 7.10. The van der Waals surface area contributed by atoms with E-state index in [1.807, 2.05) is 30.3 Å². The zero-order valence-electron chi connectivity index (χ0n) is 9.69. The molecule has 0 amide bonds. The lowest BCUT2D eigenvalue weighted by molar-refractivity contribution is 0.575. The number of halogens is 1. The van der Waals surface area contributed by atoms with Gasteiger partial charge < -0.3 is 5.32 Å². The molecule has 0 aromatic heterocycles. The molecule has 17 heavy (non-hydrogen) atoms. The number of sulfonamides is 1. The minimum Gasteiger partial charge on any atom is -0.310 e. The van der Waals surface area contributed by atoms with Crippen molar-refractivity contribution in [2.75, 3.05) is 13.1 Å². The van der Waals surface area contributed by atoms with Crippen molar-refractivity contribution in [2.45, 2.75) is 17.6 Å². The van der Waals surface area contributed by atoms with E-state index in [0.29, 0.717) is 19.6 Å². The van der Waals surface area contributed by atoms with E-state index in [1.165, 1.54) is 0 Å². The molecule has 0 fully saturated rings. The highest BCUT2D eigenvalue weighted by Crippen LogP contribution is 2.06. The maximum absolute atomic E-state index is 11.6. The summed E-state index contributed by atoms with van der Waals surface area (Å²) in [6, 6.07) is 9.85. The van der Waals surface area contributed by atoms with Crippen LogP contribution in [0, 0.1) is 0 Å². The molecule has 0 aliphatic carbocycles. The zero-order chi connectivity index (χ0) is 12.7. The van der Waals surface area contributed by atoms with Gasteiger partial charge in [0.1, 0.15) is 4.16 Å². The van der Waals surface area contributed by atoms with Crippen LogP contribution >= 0.6 is 15.9 Å². The molecule has 0 saturated carbocycles. The molecule has 1 aromatic carbocycles. The van der Waals surface area contributed by atoms with Gasteiger partial charge in [0.2, 0.25) is 10.0 Å². The van der Waals surface area contributed by atoms with Gasteiger partial charge >= 0.3 is 0 Å². The highest BCUT2D eigenvalue weighted by molar-refractivity contribution is 9.11. The van der Waals surface area contributed by atoms with Crippen molar-refractivity contribution in [2.24, 2.45) is 0 Å². The van der Waals surface area contributed by atoms with E-state index in [-0.39, 0.29) is 0 Å². The molecule has 0 heterocycles. The number of alkyl halides is 1. The molecule has 96 valence electrons. The lowest BCUT2D eigenvalue weighted by Crippen LogP contribution is -2.36. The lowest BCUT2D eigenvalue weighted by Gasteiger charge is -2.12. The third-order valence-electron chi connectivity index (χ3n) is 2.16. The Hall–Kier alpha value is -0.430. The minimum absolute atomic E-state index is 0.365. The van der Waals surface area contributed by atoms with E-state index in [2.05, 4.69) is 26.0 Å². The Kier molecular flexibility index (Phi) is 6.11. The van der Waals surface area contributed by atoms with Crippen LogP contribution in [0.5, 0.6) is 0 Å². The monoisotopic (exact) mass is 320 g/mol. The van der Waals surface area contributed by atoms with Gasteiger partial charge in [-0.2, -0.15) is 0 Å². The fourth-order valence-electron chi connectivity index (χ4n) is 1.33. The fourth-order valence-corrected chi connectivity index (χ4v) is 2.87. The molecular formula is C11H17BrN2O2S. The van der Waals surface area contributed by atoms with Gasteiger partial charge in [-0.25, -0.2) is 13.1 Å². The van der Waals surface area contributed by atoms with Crippen LogP contribution in [0.1, 0.15) is 12.5 Å². The molecule has 0 radical (unpaired) electrons. The summed E-state index contributed by atoms with van der Waals surface area (Å²) in [5.74, 6) is 0. The summed E-state index contributed by atoms with van der Waals surface area (Å²) in [5.41, 5.74) is 1.13. The normalized spacial score (nSPS) is 13.5. The van der Waals surface area contributed by atoms with Gasteiger partial charge in [-0.05, 0) is 5.56 Å². The van der Waals surface area contributed by atoms with Gasteiger partial charge in [0.15, 0.2) is 0 Å². The van der Waals surface area contributed by atoms with Crippen molar-refractivity contribution in [1.82, 2.24) is 10.0 Å². The van der Waals surface area contributed by atoms with Crippen LogP contribution in [-0.4, -0.2) is 25.7 Å². The first kappa shape index (κ1) is 14.6. The van der Waals surface area contributed by atoms with Crippen molar-refractivity contribution in [3.63, 3.8) is 0 Å². The molecule has 1 rings (SSSR count). The van der Waals surface area contributed by atoms with E-state index in [1.54, 1.807) is 6.92 Å². The Morgan fingerprint density at radius 2 is 1.94 bits per heavy atom. The number of nitrogens with one attached hydrogen (secondary N) is 2. The summed E-state index contributed by atoms with van der Waals surface area (Å²) in [6.07, 6.45) is 0. The third kappa shape index (κ3) is 5.16. The predicted octanol–water partition coefficient (Wildman–Crippen LogP) is 1.44. The first-order valence-corrected chi connectivity index (χ1v) is 7.89. The van der Waals surface area contributed by atoms with E-state index in [0.717, 1.165) is 5.56 Å². The smallest absolute Gasteiger partial charge is 0.225 e. The molecule has 0 bridgehead atoms. The topological polar surface area (TPSA) is 58.2 Å². The maximum atomic E-state index is 11.6. The summed E-state index contributed by atoms with van der Waals surface area (Å²) < 4.78 is 25.0. The lowest BCUT2D eigenvalue weighted by atomic mass is 10.2. The largest absolute Gasteiger partial charge is 0.310 e. The molecular weight excluding hydrogens is 304 g/mol. The van der Waals surface area contributed by atoms with Crippen LogP contribution in [0.25, 0.3) is 0 Å². The molecule has 1 aromatic rings. The van der Waals surface area contributed by atoms with E-state index < -0.39 is 14.2 Å². The van der Waals surface area contributed by atoms with Crippen molar-refractivity contribution in [3.05, 3.63) is 35.9 Å². The quantitative estimate of drug-likeness (QED) is 0.747. The average Bonchev–Trinajstić information content (AvgIpc) is 2.30. The molecule has 4 nitrogen and oxygen atoms in total. The van der Waals surface area contributed by atoms with Gasteiger partial charge in [0.25, 0.3) is 0 Å². The second-order valence-electron chi connectivity index (χ2n) is 3.57. The molecule has 0 saturated heterocycles. The Morgan fingerprint density at radius 1 is 1.29 bits per heavy atom. The van der Waals surface area contributed by atoms with E-state index in [9.17, 15) is 8.42 Å². The Labute approximate surface area is 111 Å². The van der Waals surface area contributed by atoms with Crippen molar-refractivity contribution >= 4 is 26.0 Å². The number of benzene rings is 1. The van der Waals surface area contributed by atoms with Crippen LogP contribution in [0.15, 0.2) is 30.3 Å². The van der Waals surface area contributed by atoms with Crippen molar-refractivity contribution in [1.29, 1.82) is 0 Å². The fraction of sp³-hybridized carbons (Fsp3) is 0.455. The minimum atomic E-state index is -3.26. The predicted molar refractivity (Wildman–Crippen MR) is 73.5 cm³/mol. The number of hydrogen-bond acceptors (Lipinski definition) is 3. The second-order valence-corrected chi connectivity index (χ2v) is 7.23. The summed E-state index contributed by atoms with van der Waals surface area (Å²) in [6.45, 7) is 3.19. The Morgan fingerprint density at radius 3 is 2.53 bits per heavy atom. The van der Waals surface area contributed by atoms with Crippen LogP contribution in [0.2, 0.25) is 0 Å². The van der Waals surface area contributed by atoms with Gasteiger partial charge in [-0.3, -0.25) is 0 Å². The zero-order valence-corrected chi connectivity index (χ0v) is 12.1. The van der Waals surface area contributed by atoms with Crippen LogP contribution in [0.4, 0.5) is 0 Å². The Bertz CT molecular complexity index is 422. The van der Waals surface area contributed by atoms with E-state index >= 15 is 0 Å². The van der Waals surface area contributed by atoms with Gasteiger partial charge in [-0.1, -0.05) is 53.2 Å². The molecule has 1 unspecified atom stereocenters. The molecule has 6 heteroatoms. The van der Waals surface area contributed by atoms with Crippen LogP contribution < -0.4 is 10.0 Å². The SMILES string of the molecule is CCNS(=O)(=O)C(Br)CNCc1ccccc1. The highest BCUT2D eigenvalue weighted by Gasteiger charge is 2.20. The van der Waals surface area contributed by atoms with Gasteiger partial charge in [0.05, 0.1) is 0 Å². The summed E-state index contributed by atoms with van der Waals surface area (Å²) in [4.78, 5) is 0. The first-order valence-electron chi connectivity index (χ1n) is 5.43. The molecule has 0 spiro atoms. The third-order valence-corrected chi connectivity index (χ3v) is 5.49. The molecule has 2 N–H and O–H groups in total. The first-order chi connectivity index (χ1) is 8.06. The van der Waals surface area contributed by atoms with Crippen LogP contribution in [-0.2, 0) is 16.6 Å². The molecule has 0 aliphatic rings. The number of rotatable bonds is 7. The van der Waals surface area contributed by atoms with Crippen molar-refractivity contribution < 1.29 is 8.42 Å². The average molecular weight is 321 g/mol. The number of hydrogen-bond donors (Lipinski definition) is 2. The Balaban J connectivity index is 2.37. The summed E-state index contributed by atoms with van der Waals surface area (Å²) in [5, 5.41) is 3.10. The van der Waals surface area contributed by atoms with E-state index in [4.69, 9.17) is 0 Å².